The third-order valence-corrected chi connectivity index (χ3v) is 4.77. The molecule has 5 nitrogen and oxygen atoms in total. The van der Waals surface area contributed by atoms with Crippen molar-refractivity contribution in [3.05, 3.63) is 70.8 Å². The van der Waals surface area contributed by atoms with Gasteiger partial charge in [-0.3, -0.25) is 9.69 Å². The standard InChI is InChI=1S/C23H28N2O3/c1-23(2,3)28-22(27)25-14-13-16-11-12-18(21(26)24(4)5)15-19(16)20(25)17-9-7-6-8-10-17/h6-12,15,20H,13-14H2,1-5H3. The number of carbonyl (C=O) groups excluding carboxylic acids is 2. The predicted molar refractivity (Wildman–Crippen MR) is 109 cm³/mol. The van der Waals surface area contributed by atoms with E-state index in [0.717, 1.165) is 23.1 Å². The van der Waals surface area contributed by atoms with Crippen LogP contribution in [-0.2, 0) is 11.2 Å². The molecule has 2 amide bonds. The average Bonchev–Trinajstić information content (AvgIpc) is 2.65. The second kappa shape index (κ2) is 7.66. The molecule has 28 heavy (non-hydrogen) atoms. The van der Waals surface area contributed by atoms with E-state index in [0.29, 0.717) is 12.1 Å². The summed E-state index contributed by atoms with van der Waals surface area (Å²) >= 11 is 0. The molecule has 0 bridgehead atoms. The lowest BCUT2D eigenvalue weighted by atomic mass is 9.87. The van der Waals surface area contributed by atoms with Crippen molar-refractivity contribution in [2.45, 2.75) is 38.8 Å². The van der Waals surface area contributed by atoms with Crippen LogP contribution < -0.4 is 0 Å². The Morgan fingerprint density at radius 2 is 1.75 bits per heavy atom. The summed E-state index contributed by atoms with van der Waals surface area (Å²) in [7, 11) is 3.48. The lowest BCUT2D eigenvalue weighted by Gasteiger charge is -2.38. The van der Waals surface area contributed by atoms with Gasteiger partial charge in [-0.2, -0.15) is 0 Å². The largest absolute Gasteiger partial charge is 0.444 e. The number of carbonyl (C=O) groups is 2. The molecule has 3 rings (SSSR count). The molecule has 0 fully saturated rings. The number of nitrogens with zero attached hydrogens (tertiary/aromatic N) is 2. The summed E-state index contributed by atoms with van der Waals surface area (Å²) in [5, 5.41) is 0. The van der Waals surface area contributed by atoms with E-state index in [4.69, 9.17) is 4.74 Å². The predicted octanol–water partition coefficient (Wildman–Crippen LogP) is 4.27. The fourth-order valence-electron chi connectivity index (χ4n) is 3.52. The summed E-state index contributed by atoms with van der Waals surface area (Å²) in [6, 6.07) is 15.4. The quantitative estimate of drug-likeness (QED) is 0.782. The summed E-state index contributed by atoms with van der Waals surface area (Å²) in [6.45, 7) is 6.18. The van der Waals surface area contributed by atoms with Crippen LogP contribution in [0.3, 0.4) is 0 Å². The first kappa shape index (κ1) is 19.9. The smallest absolute Gasteiger partial charge is 0.411 e. The maximum atomic E-state index is 13.0. The third-order valence-electron chi connectivity index (χ3n) is 4.77. The molecule has 1 atom stereocenters. The minimum atomic E-state index is -0.568. The zero-order chi connectivity index (χ0) is 20.5. The highest BCUT2D eigenvalue weighted by Crippen LogP contribution is 2.36. The molecule has 0 spiro atoms. The average molecular weight is 380 g/mol. The Kier molecular flexibility index (Phi) is 5.45. The zero-order valence-electron chi connectivity index (χ0n) is 17.2. The molecule has 0 aliphatic carbocycles. The second-order valence-electron chi connectivity index (χ2n) is 8.35. The highest BCUT2D eigenvalue weighted by atomic mass is 16.6. The number of benzene rings is 2. The van der Waals surface area contributed by atoms with Gasteiger partial charge in [0, 0.05) is 26.2 Å². The van der Waals surface area contributed by atoms with Gasteiger partial charge in [-0.15, -0.1) is 0 Å². The van der Waals surface area contributed by atoms with Crippen molar-refractivity contribution < 1.29 is 14.3 Å². The number of hydrogen-bond acceptors (Lipinski definition) is 3. The van der Waals surface area contributed by atoms with Crippen molar-refractivity contribution in [1.82, 2.24) is 9.80 Å². The van der Waals surface area contributed by atoms with E-state index in [1.54, 1.807) is 23.9 Å². The van der Waals surface area contributed by atoms with Gasteiger partial charge < -0.3 is 9.64 Å². The second-order valence-corrected chi connectivity index (χ2v) is 8.35. The van der Waals surface area contributed by atoms with Gasteiger partial charge in [0.05, 0.1) is 6.04 Å². The van der Waals surface area contributed by atoms with Crippen LogP contribution in [0.1, 0.15) is 53.9 Å². The summed E-state index contributed by atoms with van der Waals surface area (Å²) in [5.74, 6) is -0.0518. The lowest BCUT2D eigenvalue weighted by Crippen LogP contribution is -2.43. The summed E-state index contributed by atoms with van der Waals surface area (Å²) < 4.78 is 5.67. The SMILES string of the molecule is CN(C)C(=O)c1ccc2c(c1)C(c1ccccc1)N(C(=O)OC(C)(C)C)CC2. The van der Waals surface area contributed by atoms with E-state index in [1.807, 2.05) is 69.3 Å². The fraction of sp³-hybridized carbons (Fsp3) is 0.391. The van der Waals surface area contributed by atoms with Crippen LogP contribution in [-0.4, -0.2) is 48.0 Å². The van der Waals surface area contributed by atoms with Gasteiger partial charge in [-0.25, -0.2) is 4.79 Å². The molecule has 0 saturated carbocycles. The fourth-order valence-corrected chi connectivity index (χ4v) is 3.52. The van der Waals surface area contributed by atoms with Gasteiger partial charge in [0.25, 0.3) is 5.91 Å². The molecule has 0 N–H and O–H groups in total. The van der Waals surface area contributed by atoms with Crippen molar-refractivity contribution in [3.8, 4) is 0 Å². The van der Waals surface area contributed by atoms with E-state index in [9.17, 15) is 9.59 Å². The molecule has 1 aliphatic rings. The summed E-state index contributed by atoms with van der Waals surface area (Å²) in [5.41, 5.74) is 3.20. The molecular weight excluding hydrogens is 352 g/mol. The normalized spacial score (nSPS) is 16.3. The van der Waals surface area contributed by atoms with Gasteiger partial charge in [0.1, 0.15) is 5.60 Å². The summed E-state index contributed by atoms with van der Waals surface area (Å²) in [6.07, 6.45) is 0.394. The topological polar surface area (TPSA) is 49.9 Å². The van der Waals surface area contributed by atoms with Crippen molar-refractivity contribution in [2.75, 3.05) is 20.6 Å². The minimum Gasteiger partial charge on any atom is -0.444 e. The Bertz CT molecular complexity index is 869. The number of rotatable bonds is 2. The highest BCUT2D eigenvalue weighted by Gasteiger charge is 2.35. The molecule has 2 aromatic carbocycles. The molecule has 1 unspecified atom stereocenters. The van der Waals surface area contributed by atoms with E-state index >= 15 is 0 Å². The first-order valence-electron chi connectivity index (χ1n) is 9.56. The Morgan fingerprint density at radius 1 is 1.07 bits per heavy atom. The van der Waals surface area contributed by atoms with Gasteiger partial charge >= 0.3 is 6.09 Å². The molecule has 5 heteroatoms. The van der Waals surface area contributed by atoms with Crippen LogP contribution in [0, 0.1) is 0 Å². The molecule has 0 radical (unpaired) electrons. The maximum Gasteiger partial charge on any atom is 0.411 e. The van der Waals surface area contributed by atoms with Gasteiger partial charge in [-0.1, -0.05) is 36.4 Å². The molecular formula is C23H28N2O3. The summed E-state index contributed by atoms with van der Waals surface area (Å²) in [4.78, 5) is 28.8. The van der Waals surface area contributed by atoms with Crippen LogP contribution in [0.2, 0.25) is 0 Å². The first-order valence-corrected chi connectivity index (χ1v) is 9.56. The molecule has 1 heterocycles. The van der Waals surface area contributed by atoms with Gasteiger partial charge in [-0.05, 0) is 56.0 Å². The number of fused-ring (bicyclic) bond motifs is 1. The van der Waals surface area contributed by atoms with Crippen LogP contribution in [0.15, 0.2) is 48.5 Å². The van der Waals surface area contributed by atoms with Crippen molar-refractivity contribution in [3.63, 3.8) is 0 Å². The van der Waals surface area contributed by atoms with Crippen molar-refractivity contribution in [1.29, 1.82) is 0 Å². The van der Waals surface area contributed by atoms with Crippen molar-refractivity contribution in [2.24, 2.45) is 0 Å². The van der Waals surface area contributed by atoms with E-state index < -0.39 is 5.60 Å². The van der Waals surface area contributed by atoms with Gasteiger partial charge in [0.2, 0.25) is 0 Å². The molecule has 148 valence electrons. The first-order chi connectivity index (χ1) is 13.2. The Balaban J connectivity index is 2.08. The van der Waals surface area contributed by atoms with Crippen LogP contribution in [0.25, 0.3) is 0 Å². The number of ether oxygens (including phenoxy) is 1. The Morgan fingerprint density at radius 3 is 2.36 bits per heavy atom. The molecule has 0 aromatic heterocycles. The highest BCUT2D eigenvalue weighted by molar-refractivity contribution is 5.94. The Labute approximate surface area is 166 Å². The lowest BCUT2D eigenvalue weighted by molar-refractivity contribution is 0.0178. The van der Waals surface area contributed by atoms with E-state index in [-0.39, 0.29) is 18.0 Å². The van der Waals surface area contributed by atoms with Crippen LogP contribution in [0.4, 0.5) is 4.79 Å². The number of hydrogen-bond donors (Lipinski definition) is 0. The van der Waals surface area contributed by atoms with E-state index in [1.165, 1.54) is 0 Å². The maximum absolute atomic E-state index is 13.0. The zero-order valence-corrected chi connectivity index (χ0v) is 17.2. The number of amides is 2. The molecule has 0 saturated heterocycles. The minimum absolute atomic E-state index is 0.0518. The molecule has 2 aromatic rings. The third kappa shape index (κ3) is 4.19. The molecule has 1 aliphatic heterocycles. The Hall–Kier alpha value is -2.82. The monoisotopic (exact) mass is 380 g/mol. The van der Waals surface area contributed by atoms with Crippen LogP contribution in [0.5, 0.6) is 0 Å². The van der Waals surface area contributed by atoms with Crippen LogP contribution >= 0.6 is 0 Å². The van der Waals surface area contributed by atoms with Crippen molar-refractivity contribution >= 4 is 12.0 Å². The van der Waals surface area contributed by atoms with Gasteiger partial charge in [0.15, 0.2) is 0 Å². The van der Waals surface area contributed by atoms with E-state index in [2.05, 4.69) is 0 Å².